The lowest BCUT2D eigenvalue weighted by Crippen LogP contribution is -2.11. The fourth-order valence-electron chi connectivity index (χ4n) is 2.68. The highest BCUT2D eigenvalue weighted by atomic mass is 19.3. The minimum atomic E-state index is -2.62. The first-order chi connectivity index (χ1) is 11.9. The van der Waals surface area contributed by atoms with Gasteiger partial charge in [0.15, 0.2) is 11.5 Å². The van der Waals surface area contributed by atoms with Crippen molar-refractivity contribution in [1.82, 2.24) is 9.97 Å². The van der Waals surface area contributed by atoms with Gasteiger partial charge in [-0.2, -0.15) is 0 Å². The monoisotopic (exact) mass is 350 g/mol. The van der Waals surface area contributed by atoms with Crippen LogP contribution < -0.4 is 9.47 Å². The SMILES string of the molecule is COc1cc(-c2ccnc(C(F)F)c2)ncc1OCC(C)CC(C)C. The summed E-state index contributed by atoms with van der Waals surface area (Å²) in [6.45, 7) is 7.06. The van der Waals surface area contributed by atoms with E-state index >= 15 is 0 Å². The molecule has 0 aliphatic heterocycles. The molecule has 0 aliphatic rings. The first-order valence-corrected chi connectivity index (χ1v) is 8.32. The fraction of sp³-hybridized carbons (Fsp3) is 0.474. The van der Waals surface area contributed by atoms with Crippen LogP contribution >= 0.6 is 0 Å². The van der Waals surface area contributed by atoms with Gasteiger partial charge in [0.2, 0.25) is 0 Å². The zero-order valence-electron chi connectivity index (χ0n) is 15.0. The van der Waals surface area contributed by atoms with E-state index in [2.05, 4.69) is 30.7 Å². The molecule has 0 saturated heterocycles. The molecular weight excluding hydrogens is 326 g/mol. The number of ether oxygens (including phenoxy) is 2. The van der Waals surface area contributed by atoms with Gasteiger partial charge in [-0.1, -0.05) is 20.8 Å². The van der Waals surface area contributed by atoms with Gasteiger partial charge < -0.3 is 9.47 Å². The molecule has 2 aromatic rings. The van der Waals surface area contributed by atoms with E-state index in [0.717, 1.165) is 6.42 Å². The number of rotatable bonds is 8. The number of aromatic nitrogens is 2. The fourth-order valence-corrected chi connectivity index (χ4v) is 2.68. The van der Waals surface area contributed by atoms with Crippen molar-refractivity contribution in [2.24, 2.45) is 11.8 Å². The molecule has 6 heteroatoms. The Morgan fingerprint density at radius 3 is 2.48 bits per heavy atom. The van der Waals surface area contributed by atoms with Crippen LogP contribution in [0.3, 0.4) is 0 Å². The van der Waals surface area contributed by atoms with E-state index < -0.39 is 6.43 Å². The summed E-state index contributed by atoms with van der Waals surface area (Å²) in [5.74, 6) is 2.09. The van der Waals surface area contributed by atoms with Gasteiger partial charge in [-0.15, -0.1) is 0 Å². The van der Waals surface area contributed by atoms with Crippen LogP contribution in [-0.4, -0.2) is 23.7 Å². The highest BCUT2D eigenvalue weighted by molar-refractivity contribution is 5.62. The minimum absolute atomic E-state index is 0.277. The standard InChI is InChI=1S/C19H24F2N2O2/c1-12(2)7-13(3)11-25-18-10-23-15(9-17(18)24-4)14-5-6-22-16(8-14)19(20)21/h5-6,8-10,12-13,19H,7,11H2,1-4H3. The Hall–Kier alpha value is -2.24. The number of pyridine rings is 2. The second-order valence-corrected chi connectivity index (χ2v) is 6.54. The van der Waals surface area contributed by atoms with Crippen LogP contribution in [0.25, 0.3) is 11.3 Å². The number of methoxy groups -OCH3 is 1. The molecule has 0 radical (unpaired) electrons. The number of nitrogens with zero attached hydrogens (tertiary/aromatic N) is 2. The van der Waals surface area contributed by atoms with Crippen molar-refractivity contribution in [3.05, 3.63) is 36.3 Å². The van der Waals surface area contributed by atoms with E-state index in [9.17, 15) is 8.78 Å². The third-order valence-corrected chi connectivity index (χ3v) is 3.75. The van der Waals surface area contributed by atoms with Gasteiger partial charge in [0.25, 0.3) is 6.43 Å². The van der Waals surface area contributed by atoms with E-state index in [-0.39, 0.29) is 5.69 Å². The summed E-state index contributed by atoms with van der Waals surface area (Å²) in [5.41, 5.74) is 0.813. The van der Waals surface area contributed by atoms with Crippen molar-refractivity contribution >= 4 is 0 Å². The molecule has 2 aromatic heterocycles. The van der Waals surface area contributed by atoms with Crippen LogP contribution in [0.1, 0.15) is 39.3 Å². The first-order valence-electron chi connectivity index (χ1n) is 8.32. The average molecular weight is 350 g/mol. The third kappa shape index (κ3) is 5.37. The average Bonchev–Trinajstić information content (AvgIpc) is 2.59. The molecule has 0 saturated carbocycles. The molecule has 25 heavy (non-hydrogen) atoms. The summed E-state index contributed by atoms with van der Waals surface area (Å²) in [4.78, 5) is 7.98. The molecule has 1 atom stereocenters. The Morgan fingerprint density at radius 2 is 1.84 bits per heavy atom. The van der Waals surface area contributed by atoms with Gasteiger partial charge in [0.05, 0.1) is 25.6 Å². The largest absolute Gasteiger partial charge is 0.493 e. The maximum Gasteiger partial charge on any atom is 0.280 e. The van der Waals surface area contributed by atoms with Gasteiger partial charge in [-0.25, -0.2) is 8.78 Å². The highest BCUT2D eigenvalue weighted by Gasteiger charge is 2.14. The van der Waals surface area contributed by atoms with Gasteiger partial charge >= 0.3 is 0 Å². The predicted octanol–water partition coefficient (Wildman–Crippen LogP) is 5.15. The van der Waals surface area contributed by atoms with Crippen LogP contribution in [-0.2, 0) is 0 Å². The quantitative estimate of drug-likeness (QED) is 0.660. The summed E-state index contributed by atoms with van der Waals surface area (Å²) in [6, 6.07) is 4.66. The van der Waals surface area contributed by atoms with Crippen molar-refractivity contribution in [2.45, 2.75) is 33.6 Å². The molecular formula is C19H24F2N2O2. The van der Waals surface area contributed by atoms with Crippen LogP contribution in [0.15, 0.2) is 30.6 Å². The third-order valence-electron chi connectivity index (χ3n) is 3.75. The van der Waals surface area contributed by atoms with E-state index in [1.165, 1.54) is 12.3 Å². The molecule has 2 rings (SSSR count). The Labute approximate surface area is 147 Å². The van der Waals surface area contributed by atoms with Crippen molar-refractivity contribution in [3.63, 3.8) is 0 Å². The molecule has 136 valence electrons. The normalized spacial score (nSPS) is 12.5. The van der Waals surface area contributed by atoms with Crippen LogP contribution in [0, 0.1) is 11.8 Å². The van der Waals surface area contributed by atoms with Gasteiger partial charge in [-0.3, -0.25) is 9.97 Å². The second kappa shape index (κ2) is 8.74. The summed E-state index contributed by atoms with van der Waals surface area (Å²) >= 11 is 0. The van der Waals surface area contributed by atoms with Gasteiger partial charge in [0.1, 0.15) is 5.69 Å². The highest BCUT2D eigenvalue weighted by Crippen LogP contribution is 2.32. The molecule has 0 aliphatic carbocycles. The molecule has 0 aromatic carbocycles. The van der Waals surface area contributed by atoms with Crippen LogP contribution in [0.2, 0.25) is 0 Å². The van der Waals surface area contributed by atoms with Gasteiger partial charge in [-0.05, 0) is 30.4 Å². The number of hydrogen-bond donors (Lipinski definition) is 0. The molecule has 0 bridgehead atoms. The summed E-state index contributed by atoms with van der Waals surface area (Å²) in [5, 5.41) is 0. The molecule has 2 heterocycles. The Morgan fingerprint density at radius 1 is 1.08 bits per heavy atom. The predicted molar refractivity (Wildman–Crippen MR) is 93.1 cm³/mol. The van der Waals surface area contributed by atoms with Crippen LogP contribution in [0.5, 0.6) is 11.5 Å². The van der Waals surface area contributed by atoms with Gasteiger partial charge in [0, 0.05) is 17.8 Å². The van der Waals surface area contributed by atoms with E-state index in [1.807, 2.05) is 0 Å². The van der Waals surface area contributed by atoms with Crippen molar-refractivity contribution in [3.8, 4) is 22.8 Å². The maximum atomic E-state index is 12.8. The molecule has 4 nitrogen and oxygen atoms in total. The van der Waals surface area contributed by atoms with Crippen molar-refractivity contribution in [2.75, 3.05) is 13.7 Å². The number of halogens is 2. The maximum absolute atomic E-state index is 12.8. The topological polar surface area (TPSA) is 44.2 Å². The van der Waals surface area contributed by atoms with Crippen LogP contribution in [0.4, 0.5) is 8.78 Å². The lowest BCUT2D eigenvalue weighted by molar-refractivity contribution is 0.146. The van der Waals surface area contributed by atoms with E-state index in [1.54, 1.807) is 25.4 Å². The summed E-state index contributed by atoms with van der Waals surface area (Å²) < 4.78 is 36.8. The molecule has 1 unspecified atom stereocenters. The molecule has 0 amide bonds. The van der Waals surface area contributed by atoms with E-state index in [0.29, 0.717) is 41.2 Å². The summed E-state index contributed by atoms with van der Waals surface area (Å²) in [7, 11) is 1.54. The molecule has 0 spiro atoms. The first kappa shape index (κ1) is 19.1. The second-order valence-electron chi connectivity index (χ2n) is 6.54. The van der Waals surface area contributed by atoms with Crippen molar-refractivity contribution < 1.29 is 18.3 Å². The lowest BCUT2D eigenvalue weighted by Gasteiger charge is -2.16. The summed E-state index contributed by atoms with van der Waals surface area (Å²) in [6.07, 6.45) is 1.37. The number of alkyl halides is 2. The number of hydrogen-bond acceptors (Lipinski definition) is 4. The Kier molecular flexibility index (Phi) is 6.67. The minimum Gasteiger partial charge on any atom is -0.493 e. The zero-order chi connectivity index (χ0) is 18.4. The van der Waals surface area contributed by atoms with E-state index in [4.69, 9.17) is 9.47 Å². The zero-order valence-corrected chi connectivity index (χ0v) is 15.0. The lowest BCUT2D eigenvalue weighted by atomic mass is 10.00. The molecule has 0 fully saturated rings. The van der Waals surface area contributed by atoms with Crippen molar-refractivity contribution in [1.29, 1.82) is 0 Å². The Balaban J connectivity index is 2.17. The molecule has 0 N–H and O–H groups in total. The smallest absolute Gasteiger partial charge is 0.280 e. The Bertz CT molecular complexity index is 693.